The summed E-state index contributed by atoms with van der Waals surface area (Å²) in [5.41, 5.74) is 0.534. The number of hydrogen-bond acceptors (Lipinski definition) is 4. The van der Waals surface area contributed by atoms with Gasteiger partial charge in [-0.15, -0.1) is 0 Å². The van der Waals surface area contributed by atoms with Crippen LogP contribution in [0.5, 0.6) is 5.75 Å². The second kappa shape index (κ2) is 4.75. The van der Waals surface area contributed by atoms with E-state index in [0.717, 1.165) is 5.56 Å². The minimum atomic E-state index is -0.589. The summed E-state index contributed by atoms with van der Waals surface area (Å²) < 4.78 is 0. The first kappa shape index (κ1) is 11.5. The third-order valence-electron chi connectivity index (χ3n) is 1.95. The Labute approximate surface area is 87.9 Å². The average molecular weight is 210 g/mol. The maximum atomic E-state index is 10.5. The minimum absolute atomic E-state index is 0.252. The van der Waals surface area contributed by atoms with Gasteiger partial charge in [-0.1, -0.05) is 19.9 Å². The third kappa shape index (κ3) is 3.21. The third-order valence-corrected chi connectivity index (χ3v) is 1.95. The Morgan fingerprint density at radius 3 is 2.73 bits per heavy atom. The van der Waals surface area contributed by atoms with Crippen LogP contribution in [0.25, 0.3) is 0 Å². The number of nitrogens with zero attached hydrogens (tertiary/aromatic N) is 1. The first-order valence-electron chi connectivity index (χ1n) is 4.70. The zero-order chi connectivity index (χ0) is 11.4. The lowest BCUT2D eigenvalue weighted by Crippen LogP contribution is -2.21. The Kier molecular flexibility index (Phi) is 3.62. The molecule has 1 aromatic carbocycles. The van der Waals surface area contributed by atoms with Gasteiger partial charge in [0.05, 0.1) is 4.92 Å². The Balaban J connectivity index is 2.83. The molecule has 0 atom stereocenters. The molecule has 0 aliphatic rings. The van der Waals surface area contributed by atoms with Gasteiger partial charge in [0.1, 0.15) is 0 Å². The summed E-state index contributed by atoms with van der Waals surface area (Å²) in [6.45, 7) is 4.54. The molecule has 0 amide bonds. The quantitative estimate of drug-likeness (QED) is 0.587. The lowest BCUT2D eigenvalue weighted by molar-refractivity contribution is -0.385. The Hall–Kier alpha value is -1.62. The van der Waals surface area contributed by atoms with E-state index in [1.807, 2.05) is 13.8 Å². The number of hydrogen-bond donors (Lipinski definition) is 2. The molecule has 0 saturated carbocycles. The summed E-state index contributed by atoms with van der Waals surface area (Å²) in [4.78, 5) is 9.95. The van der Waals surface area contributed by atoms with Crippen LogP contribution < -0.4 is 5.32 Å². The van der Waals surface area contributed by atoms with Crippen LogP contribution in [-0.4, -0.2) is 16.1 Å². The number of nitrogens with one attached hydrogen (secondary N) is 1. The zero-order valence-corrected chi connectivity index (χ0v) is 8.73. The maximum absolute atomic E-state index is 10.5. The summed E-state index contributed by atoms with van der Waals surface area (Å²) in [6, 6.07) is 4.70. The highest BCUT2D eigenvalue weighted by Gasteiger charge is 2.13. The lowest BCUT2D eigenvalue weighted by Gasteiger charge is -2.07. The van der Waals surface area contributed by atoms with Crippen molar-refractivity contribution in [1.82, 2.24) is 5.32 Å². The van der Waals surface area contributed by atoms with Gasteiger partial charge in [-0.3, -0.25) is 10.1 Å². The van der Waals surface area contributed by atoms with Crippen molar-refractivity contribution in [2.75, 3.05) is 0 Å². The van der Waals surface area contributed by atoms with E-state index in [2.05, 4.69) is 5.32 Å². The standard InChI is InChI=1S/C10H14N2O3/c1-7(2)11-6-8-3-4-10(13)9(5-8)12(14)15/h3-5,7,11,13H,6H2,1-2H3. The number of nitro groups is 1. The molecule has 5 heteroatoms. The van der Waals surface area contributed by atoms with Crippen molar-refractivity contribution in [3.8, 4) is 5.75 Å². The van der Waals surface area contributed by atoms with E-state index in [9.17, 15) is 15.2 Å². The Bertz CT molecular complexity index is 364. The Morgan fingerprint density at radius 1 is 1.53 bits per heavy atom. The molecule has 0 spiro atoms. The van der Waals surface area contributed by atoms with Crippen molar-refractivity contribution < 1.29 is 10.0 Å². The topological polar surface area (TPSA) is 75.4 Å². The molecule has 2 N–H and O–H groups in total. The van der Waals surface area contributed by atoms with E-state index < -0.39 is 4.92 Å². The minimum Gasteiger partial charge on any atom is -0.502 e. The van der Waals surface area contributed by atoms with Gasteiger partial charge in [0.15, 0.2) is 5.75 Å². The molecule has 0 unspecified atom stereocenters. The molecule has 0 fully saturated rings. The van der Waals surface area contributed by atoms with Gasteiger partial charge < -0.3 is 10.4 Å². The smallest absolute Gasteiger partial charge is 0.311 e. The van der Waals surface area contributed by atoms with Gasteiger partial charge in [0.2, 0.25) is 0 Å². The number of phenolic OH excluding ortho intramolecular Hbond substituents is 1. The summed E-state index contributed by atoms with van der Waals surface area (Å²) in [5, 5.41) is 22.9. The summed E-state index contributed by atoms with van der Waals surface area (Å²) in [6.07, 6.45) is 0. The van der Waals surface area contributed by atoms with E-state index in [1.165, 1.54) is 12.1 Å². The van der Waals surface area contributed by atoms with Crippen molar-refractivity contribution in [3.63, 3.8) is 0 Å². The SMILES string of the molecule is CC(C)NCc1ccc(O)c([N+](=O)[O-])c1. The van der Waals surface area contributed by atoms with E-state index >= 15 is 0 Å². The molecule has 5 nitrogen and oxygen atoms in total. The van der Waals surface area contributed by atoms with Gasteiger partial charge in [0.25, 0.3) is 0 Å². The van der Waals surface area contributed by atoms with Gasteiger partial charge in [0, 0.05) is 18.7 Å². The van der Waals surface area contributed by atoms with Crippen LogP contribution in [0.1, 0.15) is 19.4 Å². The lowest BCUT2D eigenvalue weighted by atomic mass is 10.2. The van der Waals surface area contributed by atoms with Crippen LogP contribution in [0.2, 0.25) is 0 Å². The predicted molar refractivity (Wildman–Crippen MR) is 56.7 cm³/mol. The van der Waals surface area contributed by atoms with Gasteiger partial charge in [-0.2, -0.15) is 0 Å². The molecule has 1 aromatic rings. The molecule has 0 aliphatic heterocycles. The van der Waals surface area contributed by atoms with Gasteiger partial charge >= 0.3 is 5.69 Å². The number of nitro benzene ring substituents is 1. The molecule has 0 aliphatic carbocycles. The largest absolute Gasteiger partial charge is 0.502 e. The van der Waals surface area contributed by atoms with E-state index in [4.69, 9.17) is 0 Å². The first-order valence-corrected chi connectivity index (χ1v) is 4.70. The van der Waals surface area contributed by atoms with Crippen LogP contribution in [0.15, 0.2) is 18.2 Å². The number of phenols is 1. The fourth-order valence-electron chi connectivity index (χ4n) is 1.15. The summed E-state index contributed by atoms with van der Waals surface area (Å²) in [5.74, 6) is -0.298. The highest BCUT2D eigenvalue weighted by molar-refractivity contribution is 5.47. The number of benzene rings is 1. The van der Waals surface area contributed by atoms with Crippen molar-refractivity contribution in [1.29, 1.82) is 0 Å². The van der Waals surface area contributed by atoms with E-state index in [1.54, 1.807) is 6.07 Å². The van der Waals surface area contributed by atoms with Gasteiger partial charge in [-0.25, -0.2) is 0 Å². The van der Waals surface area contributed by atoms with Crippen LogP contribution in [0.3, 0.4) is 0 Å². The fraction of sp³-hybridized carbons (Fsp3) is 0.400. The van der Waals surface area contributed by atoms with Crippen molar-refractivity contribution in [3.05, 3.63) is 33.9 Å². The average Bonchev–Trinajstić information content (AvgIpc) is 2.16. The molecular weight excluding hydrogens is 196 g/mol. The molecule has 0 saturated heterocycles. The summed E-state index contributed by atoms with van der Waals surface area (Å²) >= 11 is 0. The molecule has 0 bridgehead atoms. The van der Waals surface area contributed by atoms with Crippen LogP contribution in [-0.2, 0) is 6.54 Å². The van der Waals surface area contributed by atoms with Crippen LogP contribution in [0.4, 0.5) is 5.69 Å². The normalized spacial score (nSPS) is 10.6. The molecule has 1 rings (SSSR count). The molecule has 0 radical (unpaired) electrons. The second-order valence-electron chi connectivity index (χ2n) is 3.62. The van der Waals surface area contributed by atoms with Crippen LogP contribution >= 0.6 is 0 Å². The van der Waals surface area contributed by atoms with E-state index in [0.29, 0.717) is 12.6 Å². The molecule has 0 aromatic heterocycles. The molecular formula is C10H14N2O3. The molecule has 15 heavy (non-hydrogen) atoms. The summed E-state index contributed by atoms with van der Waals surface area (Å²) in [7, 11) is 0. The monoisotopic (exact) mass is 210 g/mol. The zero-order valence-electron chi connectivity index (χ0n) is 8.73. The predicted octanol–water partition coefficient (Wildman–Crippen LogP) is 1.80. The van der Waals surface area contributed by atoms with Crippen LogP contribution in [0, 0.1) is 10.1 Å². The second-order valence-corrected chi connectivity index (χ2v) is 3.62. The first-order chi connectivity index (χ1) is 7.00. The molecule has 82 valence electrons. The van der Waals surface area contributed by atoms with Crippen molar-refractivity contribution in [2.24, 2.45) is 0 Å². The molecule has 0 heterocycles. The highest BCUT2D eigenvalue weighted by Crippen LogP contribution is 2.26. The number of rotatable bonds is 4. The highest BCUT2D eigenvalue weighted by atomic mass is 16.6. The van der Waals surface area contributed by atoms with Gasteiger partial charge in [-0.05, 0) is 11.6 Å². The van der Waals surface area contributed by atoms with E-state index in [-0.39, 0.29) is 11.4 Å². The Morgan fingerprint density at radius 2 is 2.20 bits per heavy atom. The maximum Gasteiger partial charge on any atom is 0.311 e. The fourth-order valence-corrected chi connectivity index (χ4v) is 1.15. The van der Waals surface area contributed by atoms with Crippen molar-refractivity contribution in [2.45, 2.75) is 26.4 Å². The van der Waals surface area contributed by atoms with Crippen molar-refractivity contribution >= 4 is 5.69 Å². The number of aromatic hydroxyl groups is 1.